The Kier molecular flexibility index (Phi) is 3.79. The Morgan fingerprint density at radius 1 is 1.26 bits per heavy atom. The molecule has 2 bridgehead atoms. The van der Waals surface area contributed by atoms with Gasteiger partial charge < -0.3 is 19.0 Å². The number of nitrogens with zero attached hydrogens (tertiary/aromatic N) is 3. The lowest BCUT2D eigenvalue weighted by atomic mass is 10.1. The quantitative estimate of drug-likeness (QED) is 0.832. The fraction of sp³-hybridized carbons (Fsp3) is 0.529. The third-order valence-corrected chi connectivity index (χ3v) is 4.61. The minimum Gasteiger partial charge on any atom is -0.440 e. The highest BCUT2D eigenvalue weighted by Crippen LogP contribution is 2.21. The van der Waals surface area contributed by atoms with Crippen LogP contribution in [0.1, 0.15) is 5.89 Å². The molecule has 2 fully saturated rings. The van der Waals surface area contributed by atoms with E-state index in [-0.39, 0.29) is 18.4 Å². The maximum absolute atomic E-state index is 12.8. The number of carbonyl (C=O) groups is 1. The van der Waals surface area contributed by atoms with Gasteiger partial charge in [-0.1, -0.05) is 12.1 Å². The molecule has 3 heterocycles. The molecule has 23 heavy (non-hydrogen) atoms. The highest BCUT2D eigenvalue weighted by atomic mass is 16.5. The third kappa shape index (κ3) is 2.96. The molecule has 0 radical (unpaired) electrons. The molecular formula is C17H21N3O3. The highest BCUT2D eigenvalue weighted by Gasteiger charge is 2.35. The summed E-state index contributed by atoms with van der Waals surface area (Å²) in [6.07, 6.45) is 0.210. The molecule has 0 aliphatic carbocycles. The standard InChI is InChI=1S/C17H21N3O3/c1-19-7-12-8-20(13(9-19)11-22-10-12)17(21)6-16-18-14-4-2-3-5-15(14)23-16/h2-5,12-13H,6-11H2,1H3/t12-,13-/m0/s1. The van der Waals surface area contributed by atoms with Crippen LogP contribution in [-0.2, 0) is 16.0 Å². The van der Waals surface area contributed by atoms with Crippen LogP contribution in [0.5, 0.6) is 0 Å². The number of hydrogen-bond donors (Lipinski definition) is 0. The molecule has 4 rings (SSSR count). The van der Waals surface area contributed by atoms with Crippen molar-refractivity contribution in [2.24, 2.45) is 5.92 Å². The first-order chi connectivity index (χ1) is 11.2. The summed E-state index contributed by atoms with van der Waals surface area (Å²) >= 11 is 0. The highest BCUT2D eigenvalue weighted by molar-refractivity contribution is 5.80. The van der Waals surface area contributed by atoms with E-state index in [0.717, 1.165) is 37.3 Å². The van der Waals surface area contributed by atoms with Crippen molar-refractivity contribution in [2.75, 3.05) is 39.9 Å². The predicted octanol–water partition coefficient (Wildman–Crippen LogP) is 1.16. The molecule has 1 amide bonds. The number of fused-ring (bicyclic) bond motifs is 4. The average Bonchev–Trinajstić information content (AvgIpc) is 2.71. The van der Waals surface area contributed by atoms with Gasteiger partial charge in [-0.25, -0.2) is 4.98 Å². The number of benzene rings is 1. The Morgan fingerprint density at radius 2 is 2.13 bits per heavy atom. The molecule has 0 N–H and O–H groups in total. The van der Waals surface area contributed by atoms with Gasteiger partial charge in [0.25, 0.3) is 0 Å². The van der Waals surface area contributed by atoms with Crippen LogP contribution in [0.3, 0.4) is 0 Å². The molecule has 2 aliphatic rings. The van der Waals surface area contributed by atoms with Gasteiger partial charge in [0.05, 0.1) is 19.3 Å². The van der Waals surface area contributed by atoms with Gasteiger partial charge >= 0.3 is 0 Å². The zero-order chi connectivity index (χ0) is 15.8. The van der Waals surface area contributed by atoms with Crippen molar-refractivity contribution in [2.45, 2.75) is 12.5 Å². The second-order valence-electron chi connectivity index (χ2n) is 6.58. The van der Waals surface area contributed by atoms with E-state index in [4.69, 9.17) is 9.15 Å². The molecule has 1 aromatic heterocycles. The van der Waals surface area contributed by atoms with Crippen molar-refractivity contribution >= 4 is 17.0 Å². The molecule has 0 saturated carbocycles. The van der Waals surface area contributed by atoms with Crippen molar-refractivity contribution in [1.29, 1.82) is 0 Å². The summed E-state index contributed by atoms with van der Waals surface area (Å²) in [7, 11) is 2.11. The van der Waals surface area contributed by atoms with Crippen LogP contribution in [0.2, 0.25) is 0 Å². The first-order valence-electron chi connectivity index (χ1n) is 8.09. The van der Waals surface area contributed by atoms with Gasteiger partial charge in [-0.3, -0.25) is 4.79 Å². The number of ether oxygens (including phenoxy) is 1. The molecule has 0 unspecified atom stereocenters. The lowest BCUT2D eigenvalue weighted by Gasteiger charge is -2.29. The fourth-order valence-electron chi connectivity index (χ4n) is 3.61. The first kappa shape index (κ1) is 14.7. The van der Waals surface area contributed by atoms with Crippen LogP contribution in [0.4, 0.5) is 0 Å². The summed E-state index contributed by atoms with van der Waals surface area (Å²) in [5.74, 6) is 0.941. The fourth-order valence-corrected chi connectivity index (χ4v) is 3.61. The van der Waals surface area contributed by atoms with E-state index >= 15 is 0 Å². The molecule has 0 spiro atoms. The number of oxazole rings is 1. The SMILES string of the molecule is CN1C[C@@H]2COC[C@H](C1)N(C(=O)Cc1nc3ccccc3o1)C2. The molecule has 122 valence electrons. The number of hydrogen-bond acceptors (Lipinski definition) is 5. The van der Waals surface area contributed by atoms with Crippen molar-refractivity contribution in [3.63, 3.8) is 0 Å². The number of amides is 1. The number of para-hydroxylation sites is 2. The maximum Gasteiger partial charge on any atom is 0.232 e. The second kappa shape index (κ2) is 5.94. The van der Waals surface area contributed by atoms with Crippen molar-refractivity contribution in [3.05, 3.63) is 30.2 Å². The van der Waals surface area contributed by atoms with E-state index in [1.54, 1.807) is 0 Å². The summed E-state index contributed by atoms with van der Waals surface area (Å²) in [5, 5.41) is 0. The van der Waals surface area contributed by atoms with E-state index in [1.807, 2.05) is 29.2 Å². The summed E-state index contributed by atoms with van der Waals surface area (Å²) < 4.78 is 11.4. The summed E-state index contributed by atoms with van der Waals surface area (Å²) in [6.45, 7) is 3.93. The molecule has 6 heteroatoms. The maximum atomic E-state index is 12.8. The monoisotopic (exact) mass is 315 g/mol. The van der Waals surface area contributed by atoms with E-state index in [2.05, 4.69) is 16.9 Å². The Hall–Kier alpha value is -1.92. The average molecular weight is 315 g/mol. The van der Waals surface area contributed by atoms with Crippen molar-refractivity contribution < 1.29 is 13.9 Å². The number of aromatic nitrogens is 1. The summed E-state index contributed by atoms with van der Waals surface area (Å²) in [4.78, 5) is 21.5. The second-order valence-corrected chi connectivity index (χ2v) is 6.58. The molecule has 1 aromatic carbocycles. The predicted molar refractivity (Wildman–Crippen MR) is 85.0 cm³/mol. The zero-order valence-electron chi connectivity index (χ0n) is 13.3. The van der Waals surface area contributed by atoms with E-state index in [1.165, 1.54) is 0 Å². The van der Waals surface area contributed by atoms with Crippen molar-refractivity contribution in [1.82, 2.24) is 14.8 Å². The van der Waals surface area contributed by atoms with Crippen LogP contribution in [0.15, 0.2) is 28.7 Å². The van der Waals surface area contributed by atoms with Gasteiger partial charge in [-0.15, -0.1) is 0 Å². The Labute approximate surface area is 135 Å². The lowest BCUT2D eigenvalue weighted by molar-refractivity contribution is -0.133. The number of rotatable bonds is 2. The van der Waals surface area contributed by atoms with E-state index < -0.39 is 0 Å². The van der Waals surface area contributed by atoms with Gasteiger partial charge in [-0.2, -0.15) is 0 Å². The molecule has 2 atom stereocenters. The minimum absolute atomic E-state index is 0.0763. The molecule has 2 aliphatic heterocycles. The first-order valence-corrected chi connectivity index (χ1v) is 8.09. The van der Waals surface area contributed by atoms with E-state index in [0.29, 0.717) is 18.4 Å². The van der Waals surface area contributed by atoms with Crippen LogP contribution in [0.25, 0.3) is 11.1 Å². The lowest BCUT2D eigenvalue weighted by Crippen LogP contribution is -2.46. The smallest absolute Gasteiger partial charge is 0.232 e. The van der Waals surface area contributed by atoms with Gasteiger partial charge in [-0.05, 0) is 19.2 Å². The Morgan fingerprint density at radius 3 is 3.00 bits per heavy atom. The Bertz CT molecular complexity index is 681. The largest absolute Gasteiger partial charge is 0.440 e. The van der Waals surface area contributed by atoms with Crippen LogP contribution >= 0.6 is 0 Å². The minimum atomic E-state index is 0.0763. The molecular weight excluding hydrogens is 294 g/mol. The number of likely N-dealkylation sites (N-methyl/N-ethyl adjacent to an activating group) is 1. The third-order valence-electron chi connectivity index (χ3n) is 4.61. The summed E-state index contributed by atoms with van der Waals surface area (Å²) in [6, 6.07) is 7.71. The van der Waals surface area contributed by atoms with Gasteiger partial charge in [0.1, 0.15) is 11.9 Å². The zero-order valence-corrected chi connectivity index (χ0v) is 13.3. The molecule has 6 nitrogen and oxygen atoms in total. The topological polar surface area (TPSA) is 58.8 Å². The van der Waals surface area contributed by atoms with Gasteiger partial charge in [0.15, 0.2) is 5.58 Å². The van der Waals surface area contributed by atoms with Gasteiger partial charge in [0, 0.05) is 25.6 Å². The molecule has 2 aromatic rings. The van der Waals surface area contributed by atoms with Crippen LogP contribution in [0, 0.1) is 5.92 Å². The van der Waals surface area contributed by atoms with E-state index in [9.17, 15) is 4.79 Å². The number of carbonyl (C=O) groups excluding carboxylic acids is 1. The summed E-state index contributed by atoms with van der Waals surface area (Å²) in [5.41, 5.74) is 1.53. The van der Waals surface area contributed by atoms with Crippen molar-refractivity contribution in [3.8, 4) is 0 Å². The van der Waals surface area contributed by atoms with Crippen LogP contribution in [-0.4, -0.2) is 66.6 Å². The van der Waals surface area contributed by atoms with Gasteiger partial charge in [0.2, 0.25) is 11.8 Å². The normalized spacial score (nSPS) is 25.5. The molecule has 2 saturated heterocycles. The Balaban J connectivity index is 1.53. The van der Waals surface area contributed by atoms with Crippen LogP contribution < -0.4 is 0 Å².